The van der Waals surface area contributed by atoms with E-state index in [1.807, 2.05) is 24.3 Å². The zero-order chi connectivity index (χ0) is 19.2. The summed E-state index contributed by atoms with van der Waals surface area (Å²) in [5.41, 5.74) is 2.98. The van der Waals surface area contributed by atoms with Gasteiger partial charge in [-0.25, -0.2) is 0 Å². The van der Waals surface area contributed by atoms with Crippen LogP contribution < -0.4 is 10.6 Å². The summed E-state index contributed by atoms with van der Waals surface area (Å²) in [6.07, 6.45) is 2.10. The van der Waals surface area contributed by atoms with Gasteiger partial charge in [-0.1, -0.05) is 32.0 Å². The number of hydrogen-bond acceptors (Lipinski definition) is 3. The third-order valence-corrected chi connectivity index (χ3v) is 4.81. The molecule has 142 valence electrons. The maximum atomic E-state index is 12.5. The van der Waals surface area contributed by atoms with E-state index in [9.17, 15) is 9.59 Å². The Morgan fingerprint density at radius 3 is 2.30 bits per heavy atom. The molecule has 2 aromatic carbocycles. The van der Waals surface area contributed by atoms with Crippen LogP contribution in [0.25, 0.3) is 0 Å². The van der Waals surface area contributed by atoms with Crippen LogP contribution in [0.4, 0.5) is 5.69 Å². The van der Waals surface area contributed by atoms with Gasteiger partial charge in [-0.3, -0.25) is 14.5 Å². The van der Waals surface area contributed by atoms with Crippen molar-refractivity contribution in [1.29, 1.82) is 0 Å². The molecule has 0 saturated heterocycles. The van der Waals surface area contributed by atoms with E-state index >= 15 is 0 Å². The second-order valence-corrected chi connectivity index (χ2v) is 6.94. The standard InChI is InChI=1S/C22H27N3O2/c1-3-25(4-2)15-16-8-10-17(11-9-16)21(26)24-20-7-5-6-18(14-20)22(27)23-19-12-13-19/h5-11,14,19H,3-4,12-13,15H2,1-2H3,(H,23,27)(H,24,26). The molecule has 0 radical (unpaired) electrons. The second kappa shape index (κ2) is 8.82. The first kappa shape index (κ1) is 19.1. The van der Waals surface area contributed by atoms with Crippen molar-refractivity contribution >= 4 is 17.5 Å². The summed E-state index contributed by atoms with van der Waals surface area (Å²) < 4.78 is 0. The predicted octanol–water partition coefficient (Wildman–Crippen LogP) is 3.67. The van der Waals surface area contributed by atoms with E-state index in [-0.39, 0.29) is 11.8 Å². The number of anilines is 1. The molecule has 1 aliphatic carbocycles. The quantitative estimate of drug-likeness (QED) is 0.750. The molecule has 0 unspecified atom stereocenters. The zero-order valence-electron chi connectivity index (χ0n) is 16.0. The molecule has 0 heterocycles. The molecule has 0 aromatic heterocycles. The van der Waals surface area contributed by atoms with E-state index in [1.54, 1.807) is 24.3 Å². The lowest BCUT2D eigenvalue weighted by Gasteiger charge is -2.18. The van der Waals surface area contributed by atoms with Crippen molar-refractivity contribution in [3.8, 4) is 0 Å². The Kier molecular flexibility index (Phi) is 6.24. The van der Waals surface area contributed by atoms with Crippen LogP contribution in [0.1, 0.15) is 53.0 Å². The predicted molar refractivity (Wildman–Crippen MR) is 108 cm³/mol. The van der Waals surface area contributed by atoms with Gasteiger partial charge in [0.05, 0.1) is 0 Å². The van der Waals surface area contributed by atoms with Crippen LogP contribution in [-0.2, 0) is 6.54 Å². The molecule has 2 aromatic rings. The lowest BCUT2D eigenvalue weighted by Crippen LogP contribution is -2.25. The smallest absolute Gasteiger partial charge is 0.255 e. The number of carbonyl (C=O) groups excluding carboxylic acids is 2. The zero-order valence-corrected chi connectivity index (χ0v) is 16.0. The molecule has 1 fully saturated rings. The molecule has 0 spiro atoms. The van der Waals surface area contributed by atoms with Gasteiger partial charge in [0.25, 0.3) is 11.8 Å². The van der Waals surface area contributed by atoms with E-state index in [0.29, 0.717) is 22.9 Å². The molecule has 0 aliphatic heterocycles. The van der Waals surface area contributed by atoms with Gasteiger partial charge in [0.2, 0.25) is 0 Å². The molecule has 1 aliphatic rings. The third-order valence-electron chi connectivity index (χ3n) is 4.81. The lowest BCUT2D eigenvalue weighted by atomic mass is 10.1. The molecule has 1 saturated carbocycles. The summed E-state index contributed by atoms with van der Waals surface area (Å²) in [6.45, 7) is 7.18. The number of nitrogens with one attached hydrogen (secondary N) is 2. The highest BCUT2D eigenvalue weighted by Crippen LogP contribution is 2.20. The molecule has 5 heteroatoms. The van der Waals surface area contributed by atoms with E-state index < -0.39 is 0 Å². The number of hydrogen-bond donors (Lipinski definition) is 2. The molecule has 2 N–H and O–H groups in total. The minimum atomic E-state index is -0.177. The van der Waals surface area contributed by atoms with Gasteiger partial charge in [-0.05, 0) is 61.8 Å². The van der Waals surface area contributed by atoms with E-state index in [2.05, 4.69) is 29.4 Å². The van der Waals surface area contributed by atoms with Crippen LogP contribution in [0.3, 0.4) is 0 Å². The number of carbonyl (C=O) groups is 2. The minimum Gasteiger partial charge on any atom is -0.349 e. The maximum Gasteiger partial charge on any atom is 0.255 e. The Morgan fingerprint density at radius 1 is 0.963 bits per heavy atom. The number of amides is 2. The van der Waals surface area contributed by atoms with Crippen LogP contribution in [0.2, 0.25) is 0 Å². The summed E-state index contributed by atoms with van der Waals surface area (Å²) in [5, 5.41) is 5.83. The topological polar surface area (TPSA) is 61.4 Å². The normalized spacial score (nSPS) is 13.4. The fourth-order valence-electron chi connectivity index (χ4n) is 2.90. The van der Waals surface area contributed by atoms with Gasteiger partial charge in [-0.2, -0.15) is 0 Å². The van der Waals surface area contributed by atoms with Gasteiger partial charge in [0.1, 0.15) is 0 Å². The summed E-state index contributed by atoms with van der Waals surface area (Å²) in [4.78, 5) is 27.0. The Labute approximate surface area is 160 Å². The first-order valence-corrected chi connectivity index (χ1v) is 9.62. The summed E-state index contributed by atoms with van der Waals surface area (Å²) in [5.74, 6) is -0.265. The van der Waals surface area contributed by atoms with Gasteiger partial charge in [0, 0.05) is 29.4 Å². The Hall–Kier alpha value is -2.66. The van der Waals surface area contributed by atoms with Crippen molar-refractivity contribution < 1.29 is 9.59 Å². The largest absolute Gasteiger partial charge is 0.349 e. The second-order valence-electron chi connectivity index (χ2n) is 6.94. The molecule has 2 amide bonds. The van der Waals surface area contributed by atoms with Crippen molar-refractivity contribution in [2.75, 3.05) is 18.4 Å². The van der Waals surface area contributed by atoms with Gasteiger partial charge < -0.3 is 10.6 Å². The first-order valence-electron chi connectivity index (χ1n) is 9.62. The first-order chi connectivity index (χ1) is 13.1. The summed E-state index contributed by atoms with van der Waals surface area (Å²) in [7, 11) is 0. The molecule has 3 rings (SSSR count). The fourth-order valence-corrected chi connectivity index (χ4v) is 2.90. The van der Waals surface area contributed by atoms with Gasteiger partial charge >= 0.3 is 0 Å². The van der Waals surface area contributed by atoms with Crippen molar-refractivity contribution in [3.63, 3.8) is 0 Å². The summed E-state index contributed by atoms with van der Waals surface area (Å²) in [6, 6.07) is 15.0. The average molecular weight is 365 g/mol. The van der Waals surface area contributed by atoms with Crippen LogP contribution in [0, 0.1) is 0 Å². The highest BCUT2D eigenvalue weighted by atomic mass is 16.2. The lowest BCUT2D eigenvalue weighted by molar-refractivity contribution is 0.0949. The van der Waals surface area contributed by atoms with Gasteiger partial charge in [-0.15, -0.1) is 0 Å². The Bertz CT molecular complexity index is 793. The number of benzene rings is 2. The van der Waals surface area contributed by atoms with E-state index in [4.69, 9.17) is 0 Å². The molecule has 27 heavy (non-hydrogen) atoms. The number of rotatable bonds is 8. The highest BCUT2D eigenvalue weighted by molar-refractivity contribution is 6.05. The maximum absolute atomic E-state index is 12.5. The third kappa shape index (κ3) is 5.41. The van der Waals surface area contributed by atoms with Crippen molar-refractivity contribution in [2.45, 2.75) is 39.3 Å². The minimum absolute atomic E-state index is 0.0886. The summed E-state index contributed by atoms with van der Waals surface area (Å²) >= 11 is 0. The van der Waals surface area contributed by atoms with Crippen LogP contribution in [0.15, 0.2) is 48.5 Å². The van der Waals surface area contributed by atoms with Crippen molar-refractivity contribution in [1.82, 2.24) is 10.2 Å². The highest BCUT2D eigenvalue weighted by Gasteiger charge is 2.23. The molecule has 0 atom stereocenters. The van der Waals surface area contributed by atoms with E-state index in [0.717, 1.165) is 32.5 Å². The Balaban J connectivity index is 1.62. The van der Waals surface area contributed by atoms with Crippen molar-refractivity contribution in [3.05, 3.63) is 65.2 Å². The molecular formula is C22H27N3O2. The van der Waals surface area contributed by atoms with Gasteiger partial charge in [0.15, 0.2) is 0 Å². The molecule has 0 bridgehead atoms. The SMILES string of the molecule is CCN(CC)Cc1ccc(C(=O)Nc2cccc(C(=O)NC3CC3)c2)cc1. The van der Waals surface area contributed by atoms with E-state index in [1.165, 1.54) is 5.56 Å². The fraction of sp³-hybridized carbons (Fsp3) is 0.364. The number of nitrogens with zero attached hydrogens (tertiary/aromatic N) is 1. The van der Waals surface area contributed by atoms with Crippen LogP contribution in [0.5, 0.6) is 0 Å². The van der Waals surface area contributed by atoms with Crippen molar-refractivity contribution in [2.24, 2.45) is 0 Å². The van der Waals surface area contributed by atoms with Crippen LogP contribution >= 0.6 is 0 Å². The average Bonchev–Trinajstić information content (AvgIpc) is 3.50. The Morgan fingerprint density at radius 2 is 1.67 bits per heavy atom. The van der Waals surface area contributed by atoms with Crippen LogP contribution in [-0.4, -0.2) is 35.8 Å². The molecule has 5 nitrogen and oxygen atoms in total. The monoisotopic (exact) mass is 365 g/mol. The molecular weight excluding hydrogens is 338 g/mol.